The summed E-state index contributed by atoms with van der Waals surface area (Å²) < 4.78 is 5.99. The standard InChI is InChI=1S/C14H20O2/c1-3-10(4-2)14-9-12(15)11-7-5-6-8-13(11)16-14/h5-8,10,12,14-15H,3-4,9H2,1-2H3/t12-,14?/m1/s1. The Bertz CT molecular complexity index is 344. The first-order chi connectivity index (χ1) is 7.76. The van der Waals surface area contributed by atoms with Crippen LogP contribution in [0.25, 0.3) is 0 Å². The van der Waals surface area contributed by atoms with Crippen LogP contribution in [-0.2, 0) is 0 Å². The maximum absolute atomic E-state index is 10.1. The molecule has 16 heavy (non-hydrogen) atoms. The number of aliphatic hydroxyl groups excluding tert-OH is 1. The lowest BCUT2D eigenvalue weighted by Gasteiger charge is -2.33. The molecule has 0 saturated heterocycles. The highest BCUT2D eigenvalue weighted by atomic mass is 16.5. The number of para-hydroxylation sites is 1. The fraction of sp³-hybridized carbons (Fsp3) is 0.571. The fourth-order valence-electron chi connectivity index (χ4n) is 2.52. The molecule has 0 radical (unpaired) electrons. The third-order valence-corrected chi connectivity index (χ3v) is 3.59. The van der Waals surface area contributed by atoms with Gasteiger partial charge in [0.2, 0.25) is 0 Å². The second-order valence-electron chi connectivity index (χ2n) is 4.52. The lowest BCUT2D eigenvalue weighted by Crippen LogP contribution is -2.32. The van der Waals surface area contributed by atoms with E-state index in [0.717, 1.165) is 30.6 Å². The Hall–Kier alpha value is -1.02. The van der Waals surface area contributed by atoms with E-state index >= 15 is 0 Å². The monoisotopic (exact) mass is 220 g/mol. The molecular formula is C14H20O2. The molecule has 0 amide bonds. The van der Waals surface area contributed by atoms with Crippen LogP contribution in [0.3, 0.4) is 0 Å². The van der Waals surface area contributed by atoms with Gasteiger partial charge in [-0.1, -0.05) is 32.0 Å². The van der Waals surface area contributed by atoms with Crippen LogP contribution in [0.5, 0.6) is 5.75 Å². The predicted molar refractivity (Wildman–Crippen MR) is 64.5 cm³/mol. The molecule has 0 spiro atoms. The van der Waals surface area contributed by atoms with E-state index in [2.05, 4.69) is 13.8 Å². The summed E-state index contributed by atoms with van der Waals surface area (Å²) in [6, 6.07) is 7.81. The Morgan fingerprint density at radius 1 is 1.31 bits per heavy atom. The molecule has 0 bridgehead atoms. The molecule has 1 aliphatic rings. The van der Waals surface area contributed by atoms with Crippen molar-refractivity contribution < 1.29 is 9.84 Å². The van der Waals surface area contributed by atoms with Gasteiger partial charge in [0, 0.05) is 12.0 Å². The second kappa shape index (κ2) is 4.88. The molecule has 0 saturated carbocycles. The second-order valence-corrected chi connectivity index (χ2v) is 4.52. The van der Waals surface area contributed by atoms with Gasteiger partial charge in [0.1, 0.15) is 11.9 Å². The molecule has 2 nitrogen and oxygen atoms in total. The average Bonchev–Trinajstić information content (AvgIpc) is 2.31. The normalized spacial score (nSPS) is 24.0. The van der Waals surface area contributed by atoms with E-state index in [0.29, 0.717) is 5.92 Å². The van der Waals surface area contributed by atoms with Crippen molar-refractivity contribution in [2.75, 3.05) is 0 Å². The van der Waals surface area contributed by atoms with E-state index < -0.39 is 0 Å². The van der Waals surface area contributed by atoms with Gasteiger partial charge in [-0.2, -0.15) is 0 Å². The quantitative estimate of drug-likeness (QED) is 0.846. The molecule has 88 valence electrons. The zero-order chi connectivity index (χ0) is 11.5. The Kier molecular flexibility index (Phi) is 3.49. The number of fused-ring (bicyclic) bond motifs is 1. The Balaban J connectivity index is 2.20. The lowest BCUT2D eigenvalue weighted by atomic mass is 9.88. The van der Waals surface area contributed by atoms with Gasteiger partial charge >= 0.3 is 0 Å². The van der Waals surface area contributed by atoms with Gasteiger partial charge in [0.05, 0.1) is 6.10 Å². The minimum absolute atomic E-state index is 0.167. The van der Waals surface area contributed by atoms with Crippen LogP contribution in [0, 0.1) is 5.92 Å². The zero-order valence-electron chi connectivity index (χ0n) is 10.0. The Morgan fingerprint density at radius 3 is 2.69 bits per heavy atom. The molecule has 1 aromatic rings. The lowest BCUT2D eigenvalue weighted by molar-refractivity contribution is 0.0317. The molecule has 2 heteroatoms. The molecule has 0 aromatic heterocycles. The number of hydrogen-bond acceptors (Lipinski definition) is 2. The van der Waals surface area contributed by atoms with E-state index in [1.54, 1.807) is 0 Å². The minimum atomic E-state index is -0.365. The summed E-state index contributed by atoms with van der Waals surface area (Å²) in [4.78, 5) is 0. The number of rotatable bonds is 3. The first-order valence-electron chi connectivity index (χ1n) is 6.19. The van der Waals surface area contributed by atoms with Crippen LogP contribution in [0.2, 0.25) is 0 Å². The van der Waals surface area contributed by atoms with Gasteiger partial charge in [0.25, 0.3) is 0 Å². The summed E-state index contributed by atoms with van der Waals surface area (Å²) in [6.07, 6.45) is 2.74. The summed E-state index contributed by atoms with van der Waals surface area (Å²) in [5.41, 5.74) is 0.935. The molecule has 1 heterocycles. The minimum Gasteiger partial charge on any atom is -0.490 e. The van der Waals surface area contributed by atoms with Crippen molar-refractivity contribution in [1.82, 2.24) is 0 Å². The Labute approximate surface area is 97.3 Å². The Morgan fingerprint density at radius 2 is 2.00 bits per heavy atom. The van der Waals surface area contributed by atoms with Gasteiger partial charge < -0.3 is 9.84 Å². The SMILES string of the molecule is CCC(CC)C1C[C@@H](O)c2ccccc2O1. The largest absolute Gasteiger partial charge is 0.490 e. The summed E-state index contributed by atoms with van der Waals surface area (Å²) in [5.74, 6) is 1.40. The summed E-state index contributed by atoms with van der Waals surface area (Å²) in [7, 11) is 0. The van der Waals surface area contributed by atoms with Crippen LogP contribution in [0.15, 0.2) is 24.3 Å². The van der Waals surface area contributed by atoms with E-state index in [-0.39, 0.29) is 12.2 Å². The molecule has 1 N–H and O–H groups in total. The summed E-state index contributed by atoms with van der Waals surface area (Å²) in [6.45, 7) is 4.37. The summed E-state index contributed by atoms with van der Waals surface area (Å²) >= 11 is 0. The van der Waals surface area contributed by atoms with Crippen molar-refractivity contribution in [3.63, 3.8) is 0 Å². The predicted octanol–water partition coefficient (Wildman–Crippen LogP) is 3.31. The third-order valence-electron chi connectivity index (χ3n) is 3.59. The fourth-order valence-corrected chi connectivity index (χ4v) is 2.52. The zero-order valence-corrected chi connectivity index (χ0v) is 10.0. The molecule has 0 fully saturated rings. The van der Waals surface area contributed by atoms with Crippen LogP contribution < -0.4 is 4.74 Å². The van der Waals surface area contributed by atoms with Crippen molar-refractivity contribution in [3.05, 3.63) is 29.8 Å². The molecule has 1 unspecified atom stereocenters. The topological polar surface area (TPSA) is 29.5 Å². The highest BCUT2D eigenvalue weighted by Crippen LogP contribution is 2.37. The van der Waals surface area contributed by atoms with Crippen molar-refractivity contribution in [2.45, 2.75) is 45.3 Å². The maximum atomic E-state index is 10.1. The molecule has 2 atom stereocenters. The molecular weight excluding hydrogens is 200 g/mol. The van der Waals surface area contributed by atoms with E-state index in [1.165, 1.54) is 0 Å². The van der Waals surface area contributed by atoms with Crippen molar-refractivity contribution in [1.29, 1.82) is 0 Å². The number of benzene rings is 1. The molecule has 2 rings (SSSR count). The smallest absolute Gasteiger partial charge is 0.125 e. The maximum Gasteiger partial charge on any atom is 0.125 e. The van der Waals surface area contributed by atoms with Gasteiger partial charge in [-0.3, -0.25) is 0 Å². The van der Waals surface area contributed by atoms with E-state index in [1.807, 2.05) is 24.3 Å². The van der Waals surface area contributed by atoms with E-state index in [9.17, 15) is 5.11 Å². The highest BCUT2D eigenvalue weighted by molar-refractivity contribution is 5.36. The van der Waals surface area contributed by atoms with Crippen molar-refractivity contribution in [2.24, 2.45) is 5.92 Å². The molecule has 1 aliphatic heterocycles. The van der Waals surface area contributed by atoms with Crippen LogP contribution >= 0.6 is 0 Å². The van der Waals surface area contributed by atoms with E-state index in [4.69, 9.17) is 4.74 Å². The first kappa shape index (κ1) is 11.5. The van der Waals surface area contributed by atoms with Gasteiger partial charge in [0.15, 0.2) is 0 Å². The van der Waals surface area contributed by atoms with Gasteiger partial charge in [-0.25, -0.2) is 0 Å². The van der Waals surface area contributed by atoms with Crippen LogP contribution in [0.1, 0.15) is 44.8 Å². The number of hydrogen-bond donors (Lipinski definition) is 1. The molecule has 0 aliphatic carbocycles. The van der Waals surface area contributed by atoms with Gasteiger partial charge in [-0.15, -0.1) is 0 Å². The van der Waals surface area contributed by atoms with Gasteiger partial charge in [-0.05, 0) is 24.8 Å². The number of aliphatic hydroxyl groups is 1. The number of ether oxygens (including phenoxy) is 1. The highest BCUT2D eigenvalue weighted by Gasteiger charge is 2.30. The third kappa shape index (κ3) is 2.07. The summed E-state index contributed by atoms with van der Waals surface area (Å²) in [5, 5.41) is 10.1. The average molecular weight is 220 g/mol. The van der Waals surface area contributed by atoms with Crippen molar-refractivity contribution >= 4 is 0 Å². The first-order valence-corrected chi connectivity index (χ1v) is 6.19. The van der Waals surface area contributed by atoms with Crippen LogP contribution in [0.4, 0.5) is 0 Å². The van der Waals surface area contributed by atoms with Crippen molar-refractivity contribution in [3.8, 4) is 5.75 Å². The van der Waals surface area contributed by atoms with Crippen LogP contribution in [-0.4, -0.2) is 11.2 Å². The molecule has 1 aromatic carbocycles.